The molecule has 0 unspecified atom stereocenters. The van der Waals surface area contributed by atoms with Crippen molar-refractivity contribution in [3.8, 4) is 6.07 Å². The Morgan fingerprint density at radius 3 is 2.48 bits per heavy atom. The first-order chi connectivity index (χ1) is 10.1. The van der Waals surface area contributed by atoms with Crippen LogP contribution >= 0.6 is 0 Å². The highest BCUT2D eigenvalue weighted by Gasteiger charge is 2.23. The maximum atomic E-state index is 12.4. The van der Waals surface area contributed by atoms with Gasteiger partial charge in [-0.1, -0.05) is 0 Å². The Labute approximate surface area is 127 Å². The second-order valence-electron chi connectivity index (χ2n) is 5.90. The zero-order valence-electron chi connectivity index (χ0n) is 13.0. The maximum Gasteiger partial charge on any atom is 0.266 e. The molecule has 0 saturated carbocycles. The number of nitriles is 1. The van der Waals surface area contributed by atoms with E-state index in [0.29, 0.717) is 19.1 Å². The first-order valence-corrected chi connectivity index (χ1v) is 7.64. The van der Waals surface area contributed by atoms with Crippen LogP contribution in [0, 0.1) is 11.3 Å². The van der Waals surface area contributed by atoms with Gasteiger partial charge in [0.1, 0.15) is 11.6 Å². The topological polar surface area (TPSA) is 62.6 Å². The van der Waals surface area contributed by atoms with E-state index >= 15 is 0 Å². The summed E-state index contributed by atoms with van der Waals surface area (Å²) in [6, 6.07) is 2.49. The lowest BCUT2D eigenvalue weighted by Crippen LogP contribution is -2.47. The number of rotatable bonds is 3. The van der Waals surface area contributed by atoms with Crippen molar-refractivity contribution in [1.82, 2.24) is 20.0 Å². The third kappa shape index (κ3) is 4.19. The summed E-state index contributed by atoms with van der Waals surface area (Å²) >= 11 is 0. The molecule has 6 heteroatoms. The summed E-state index contributed by atoms with van der Waals surface area (Å²) < 4.78 is 0. The molecule has 0 bridgehead atoms. The standard InChI is InChI=1S/C15H25N5O/c1-18-7-3-14(4-8-18)19(2)12-13(11-16)15(21)20-9-5-17-6-10-20/h12,14,17H,3-10H2,1-2H3/b13-12-. The van der Waals surface area contributed by atoms with Crippen molar-refractivity contribution in [2.75, 3.05) is 53.4 Å². The van der Waals surface area contributed by atoms with Crippen LogP contribution in [0.2, 0.25) is 0 Å². The first-order valence-electron chi connectivity index (χ1n) is 7.64. The van der Waals surface area contributed by atoms with Crippen molar-refractivity contribution in [2.24, 2.45) is 0 Å². The lowest BCUT2D eigenvalue weighted by molar-refractivity contribution is -0.127. The fraction of sp³-hybridized carbons (Fsp3) is 0.733. The zero-order chi connectivity index (χ0) is 15.2. The lowest BCUT2D eigenvalue weighted by Gasteiger charge is -2.35. The summed E-state index contributed by atoms with van der Waals surface area (Å²) in [5, 5.41) is 12.5. The zero-order valence-corrected chi connectivity index (χ0v) is 13.0. The summed E-state index contributed by atoms with van der Waals surface area (Å²) in [6.45, 7) is 5.09. The van der Waals surface area contributed by atoms with Gasteiger partial charge >= 0.3 is 0 Å². The number of carbonyl (C=O) groups excluding carboxylic acids is 1. The Hall–Kier alpha value is -1.58. The van der Waals surface area contributed by atoms with Crippen LogP contribution < -0.4 is 5.32 Å². The van der Waals surface area contributed by atoms with Gasteiger partial charge in [0.2, 0.25) is 0 Å². The molecule has 2 heterocycles. The average Bonchev–Trinajstić information content (AvgIpc) is 2.53. The third-order valence-electron chi connectivity index (χ3n) is 4.35. The van der Waals surface area contributed by atoms with Gasteiger partial charge < -0.3 is 20.0 Å². The van der Waals surface area contributed by atoms with E-state index in [1.54, 1.807) is 11.1 Å². The molecule has 0 spiro atoms. The van der Waals surface area contributed by atoms with Crippen LogP contribution in [0.15, 0.2) is 11.8 Å². The highest BCUT2D eigenvalue weighted by atomic mass is 16.2. The van der Waals surface area contributed by atoms with Crippen LogP contribution in [0.1, 0.15) is 12.8 Å². The number of nitrogens with zero attached hydrogens (tertiary/aromatic N) is 4. The molecule has 0 aromatic carbocycles. The van der Waals surface area contributed by atoms with Crippen molar-refractivity contribution >= 4 is 5.91 Å². The van der Waals surface area contributed by atoms with Crippen molar-refractivity contribution in [1.29, 1.82) is 5.26 Å². The Kier molecular flexibility index (Phi) is 5.59. The quantitative estimate of drug-likeness (QED) is 0.579. The van der Waals surface area contributed by atoms with E-state index in [0.717, 1.165) is 39.0 Å². The molecule has 0 radical (unpaired) electrons. The second kappa shape index (κ2) is 7.43. The normalized spacial score (nSPS) is 22.0. The highest BCUT2D eigenvalue weighted by Crippen LogP contribution is 2.15. The van der Waals surface area contributed by atoms with Crippen LogP contribution in [0.5, 0.6) is 0 Å². The molecule has 2 saturated heterocycles. The molecule has 21 heavy (non-hydrogen) atoms. The van der Waals surface area contributed by atoms with Crippen LogP contribution in [0.3, 0.4) is 0 Å². The van der Waals surface area contributed by atoms with Crippen LogP contribution in [0.4, 0.5) is 0 Å². The van der Waals surface area contributed by atoms with Gasteiger partial charge in [-0.05, 0) is 33.0 Å². The van der Waals surface area contributed by atoms with Crippen molar-refractivity contribution in [2.45, 2.75) is 18.9 Å². The minimum absolute atomic E-state index is 0.140. The predicted molar refractivity (Wildman–Crippen MR) is 81.4 cm³/mol. The Morgan fingerprint density at radius 2 is 1.90 bits per heavy atom. The Balaban J connectivity index is 1.98. The molecule has 2 fully saturated rings. The number of carbonyl (C=O) groups is 1. The molecular formula is C15H25N5O. The minimum atomic E-state index is -0.140. The molecule has 6 nitrogen and oxygen atoms in total. The number of amides is 1. The van der Waals surface area contributed by atoms with E-state index in [2.05, 4.69) is 23.3 Å². The Bertz CT molecular complexity index is 428. The molecule has 0 aliphatic carbocycles. The highest BCUT2D eigenvalue weighted by molar-refractivity contribution is 5.97. The smallest absolute Gasteiger partial charge is 0.266 e. The Morgan fingerprint density at radius 1 is 1.29 bits per heavy atom. The number of nitrogens with one attached hydrogen (secondary N) is 1. The molecule has 116 valence electrons. The first kappa shape index (κ1) is 15.8. The molecular weight excluding hydrogens is 266 g/mol. The maximum absolute atomic E-state index is 12.4. The lowest BCUT2D eigenvalue weighted by atomic mass is 10.0. The summed E-state index contributed by atoms with van der Waals surface area (Å²) in [7, 11) is 4.10. The summed E-state index contributed by atoms with van der Waals surface area (Å²) in [4.78, 5) is 18.5. The van der Waals surface area contributed by atoms with Crippen LogP contribution in [-0.2, 0) is 4.79 Å². The number of likely N-dealkylation sites (tertiary alicyclic amines) is 1. The van der Waals surface area contributed by atoms with E-state index in [-0.39, 0.29) is 11.5 Å². The number of piperidine rings is 1. The predicted octanol–water partition coefficient (Wildman–Crippen LogP) is -0.148. The van der Waals surface area contributed by atoms with Crippen molar-refractivity contribution in [3.05, 3.63) is 11.8 Å². The van der Waals surface area contributed by atoms with E-state index in [4.69, 9.17) is 0 Å². The van der Waals surface area contributed by atoms with Gasteiger partial charge in [-0.25, -0.2) is 0 Å². The summed E-state index contributed by atoms with van der Waals surface area (Å²) in [5.74, 6) is -0.140. The van der Waals surface area contributed by atoms with E-state index in [1.807, 2.05) is 11.9 Å². The van der Waals surface area contributed by atoms with Gasteiger partial charge in [-0.2, -0.15) is 5.26 Å². The molecule has 1 N–H and O–H groups in total. The van der Waals surface area contributed by atoms with Gasteiger partial charge in [-0.15, -0.1) is 0 Å². The minimum Gasteiger partial charge on any atom is -0.376 e. The van der Waals surface area contributed by atoms with Crippen molar-refractivity contribution in [3.63, 3.8) is 0 Å². The molecule has 0 aromatic rings. The van der Waals surface area contributed by atoms with Gasteiger partial charge in [0.05, 0.1) is 0 Å². The number of hydrogen-bond acceptors (Lipinski definition) is 5. The fourth-order valence-electron chi connectivity index (χ4n) is 2.88. The van der Waals surface area contributed by atoms with Gasteiger partial charge in [-0.3, -0.25) is 4.79 Å². The van der Waals surface area contributed by atoms with Gasteiger partial charge in [0.15, 0.2) is 0 Å². The molecule has 2 aliphatic heterocycles. The van der Waals surface area contributed by atoms with E-state index < -0.39 is 0 Å². The van der Waals surface area contributed by atoms with Gasteiger partial charge in [0.25, 0.3) is 5.91 Å². The van der Waals surface area contributed by atoms with E-state index in [9.17, 15) is 10.1 Å². The van der Waals surface area contributed by atoms with Crippen LogP contribution in [-0.4, -0.2) is 80.0 Å². The fourth-order valence-corrected chi connectivity index (χ4v) is 2.88. The number of piperazine rings is 1. The molecule has 2 rings (SSSR count). The molecule has 0 aromatic heterocycles. The average molecular weight is 291 g/mol. The largest absolute Gasteiger partial charge is 0.376 e. The summed E-state index contributed by atoms with van der Waals surface area (Å²) in [6.07, 6.45) is 3.88. The number of hydrogen-bond donors (Lipinski definition) is 1. The second-order valence-corrected chi connectivity index (χ2v) is 5.90. The van der Waals surface area contributed by atoms with Crippen molar-refractivity contribution < 1.29 is 4.79 Å². The summed E-state index contributed by atoms with van der Waals surface area (Å²) in [5.41, 5.74) is 0.248. The van der Waals surface area contributed by atoms with E-state index in [1.165, 1.54) is 0 Å². The molecule has 2 aliphatic rings. The molecule has 0 atom stereocenters. The van der Waals surface area contributed by atoms with Gasteiger partial charge in [0, 0.05) is 45.5 Å². The third-order valence-corrected chi connectivity index (χ3v) is 4.35. The SMILES string of the molecule is CN1CCC(N(C)/C=C(/C#N)C(=O)N2CCNCC2)CC1. The van der Waals surface area contributed by atoms with Crippen LogP contribution in [0.25, 0.3) is 0 Å². The monoisotopic (exact) mass is 291 g/mol. The molecule has 1 amide bonds.